The molecule has 0 saturated carbocycles. The number of hydrogen-bond donors (Lipinski definition) is 8. The lowest BCUT2D eigenvalue weighted by atomic mass is 10.0. The van der Waals surface area contributed by atoms with E-state index in [0.717, 1.165) is 23.8 Å². The minimum Gasteiger partial charge on any atom is -0.370 e. The second-order valence-corrected chi connectivity index (χ2v) is 22.8. The van der Waals surface area contributed by atoms with Crippen LogP contribution >= 0.6 is 7.60 Å². The number of piperidine rings is 1. The number of benzene rings is 3. The van der Waals surface area contributed by atoms with Crippen molar-refractivity contribution in [3.8, 4) is 11.8 Å². The van der Waals surface area contributed by atoms with Crippen molar-refractivity contribution in [1.29, 1.82) is 0 Å². The van der Waals surface area contributed by atoms with Crippen LogP contribution in [0.1, 0.15) is 126 Å². The van der Waals surface area contributed by atoms with Gasteiger partial charge in [-0.3, -0.25) is 53.0 Å². The van der Waals surface area contributed by atoms with Crippen molar-refractivity contribution in [2.45, 2.75) is 126 Å². The Hall–Kier alpha value is -7.84. The van der Waals surface area contributed by atoms with Gasteiger partial charge in [-0.25, -0.2) is 0 Å². The van der Waals surface area contributed by atoms with Gasteiger partial charge in [0.2, 0.25) is 41.4 Å². The second-order valence-electron chi connectivity index (χ2n) is 21.1. The predicted molar refractivity (Wildman–Crippen MR) is 289 cm³/mol. The molecule has 0 bridgehead atoms. The highest BCUT2D eigenvalue weighted by atomic mass is 31.2. The molecule has 430 valence electrons. The van der Waals surface area contributed by atoms with Gasteiger partial charge < -0.3 is 56.1 Å². The Morgan fingerprint density at radius 1 is 0.914 bits per heavy atom. The summed E-state index contributed by atoms with van der Waals surface area (Å²) in [5.41, 5.74) is 2.50. The normalized spacial score (nSPS) is 20.1. The van der Waals surface area contributed by atoms with Gasteiger partial charge in [0.25, 0.3) is 11.8 Å². The Morgan fingerprint density at radius 2 is 1.68 bits per heavy atom. The zero-order chi connectivity index (χ0) is 58.3. The van der Waals surface area contributed by atoms with Gasteiger partial charge in [0.1, 0.15) is 29.9 Å². The van der Waals surface area contributed by atoms with Crippen molar-refractivity contribution in [2.75, 3.05) is 33.7 Å². The molecular formula is C56H65F2N10O12P. The number of hydrogen-bond acceptors (Lipinski definition) is 11. The van der Waals surface area contributed by atoms with Crippen molar-refractivity contribution in [1.82, 2.24) is 45.9 Å². The van der Waals surface area contributed by atoms with Gasteiger partial charge in [-0.2, -0.15) is 8.78 Å². The van der Waals surface area contributed by atoms with Crippen LogP contribution in [0.15, 0.2) is 72.8 Å². The molecule has 4 aromatic rings. The number of carbonyl (C=O) groups excluding carboxylic acids is 9. The number of nitrogens with zero attached hydrogens (tertiary/aromatic N) is 4. The zero-order valence-electron chi connectivity index (χ0n) is 44.8. The summed E-state index contributed by atoms with van der Waals surface area (Å²) >= 11 is 0. The van der Waals surface area contributed by atoms with Gasteiger partial charge in [-0.1, -0.05) is 60.7 Å². The summed E-state index contributed by atoms with van der Waals surface area (Å²) in [4.78, 5) is 149. The number of nitrogens with one attached hydrogen (secondary N) is 5. The average molecular weight is 1140 g/mol. The maximum Gasteiger partial charge on any atom is 0.399 e. The molecule has 3 saturated heterocycles. The molecule has 1 aromatic heterocycles. The lowest BCUT2D eigenvalue weighted by Crippen LogP contribution is -2.62. The summed E-state index contributed by atoms with van der Waals surface area (Å²) in [5.74, 6) is 1.19. The second kappa shape index (κ2) is 25.3. The van der Waals surface area contributed by atoms with Crippen molar-refractivity contribution >= 4 is 71.7 Å². The van der Waals surface area contributed by atoms with Gasteiger partial charge in [0, 0.05) is 85.5 Å². The summed E-state index contributed by atoms with van der Waals surface area (Å²) in [6, 6.07) is 12.6. The van der Waals surface area contributed by atoms with E-state index in [2.05, 4.69) is 38.1 Å². The molecule has 9 amide bonds. The van der Waals surface area contributed by atoms with Crippen LogP contribution in [0, 0.1) is 11.8 Å². The smallest absolute Gasteiger partial charge is 0.370 e. The number of rotatable bonds is 20. The van der Waals surface area contributed by atoms with E-state index in [1.165, 1.54) is 20.8 Å². The van der Waals surface area contributed by atoms with Gasteiger partial charge >= 0.3 is 13.3 Å². The van der Waals surface area contributed by atoms with Crippen LogP contribution in [0.25, 0.3) is 10.9 Å². The Morgan fingerprint density at radius 3 is 2.40 bits per heavy atom. The number of aromatic amines is 1. The number of unbranched alkanes of at least 4 members (excludes halogenated alkanes) is 3. The summed E-state index contributed by atoms with van der Waals surface area (Å²) < 4.78 is 41.1. The van der Waals surface area contributed by atoms with E-state index in [-0.39, 0.29) is 98.9 Å². The van der Waals surface area contributed by atoms with Gasteiger partial charge in [0.05, 0.1) is 6.04 Å². The number of nitrogens with two attached hydrogens (primary N) is 1. The van der Waals surface area contributed by atoms with Crippen molar-refractivity contribution in [3.05, 3.63) is 106 Å². The molecule has 9 N–H and O–H groups in total. The molecule has 0 radical (unpaired) electrons. The summed E-state index contributed by atoms with van der Waals surface area (Å²) in [6.07, 6.45) is 2.88. The molecule has 8 rings (SSSR count). The predicted octanol–water partition coefficient (Wildman–Crippen LogP) is 3.02. The van der Waals surface area contributed by atoms with Crippen LogP contribution in [0.5, 0.6) is 0 Å². The average Bonchev–Trinajstić information content (AvgIpc) is 4.31. The maximum absolute atomic E-state index is 15.0. The molecule has 3 fully saturated rings. The van der Waals surface area contributed by atoms with Gasteiger partial charge in [-0.05, 0) is 100 Å². The first-order chi connectivity index (χ1) is 38.5. The fourth-order valence-corrected chi connectivity index (χ4v) is 11.4. The van der Waals surface area contributed by atoms with E-state index < -0.39 is 90.5 Å². The summed E-state index contributed by atoms with van der Waals surface area (Å²) in [7, 11) is -2.26. The van der Waals surface area contributed by atoms with Crippen LogP contribution in [-0.2, 0) is 50.3 Å². The SMILES string of the molecule is CN(C)C[C@@H](NC(=O)C(CCC(N)=O)NC(=O)[C@@H]1CC[C@@H]2CCN(C(=O)CCCCCC#Cc3cccc4c3CN(C3CCC(=O)NC3=O)C4=O)C[C@H](NC(=O)c3cc4cc(C(F)(F)P(=O)(O)O)ccc4[nH]3)C(=O)N21)c1ccccc1. The van der Waals surface area contributed by atoms with E-state index in [1.54, 1.807) is 18.2 Å². The maximum atomic E-state index is 15.0. The number of primary amides is 1. The monoisotopic (exact) mass is 1140 g/mol. The number of amides is 9. The van der Waals surface area contributed by atoms with Crippen molar-refractivity contribution < 1.29 is 66.3 Å². The fraction of sp³-hybridized carbons (Fsp3) is 0.446. The molecule has 0 spiro atoms. The van der Waals surface area contributed by atoms with Crippen LogP contribution in [-0.4, -0.2) is 151 Å². The molecule has 2 unspecified atom stereocenters. The highest BCUT2D eigenvalue weighted by Crippen LogP contribution is 2.59. The molecule has 81 heavy (non-hydrogen) atoms. The quantitative estimate of drug-likeness (QED) is 0.0274. The summed E-state index contributed by atoms with van der Waals surface area (Å²) in [6.45, 7) is 0.379. The standard InChI is InChI=1S/C56H65F2N10O12P/c1-65(2)31-43(34-13-8-6-9-14-34)62-50(72)41(21-24-47(59)69)61-53(75)46-22-19-37-26-27-66(32-44(55(77)68(37)46)63-51(73)42-29-35-28-36(18-20-40(35)60-42)56(57,58)81(78,79)80)49(71)17-10-5-3-4-7-12-33-15-11-16-38-39(33)30-67(54(38)76)45-23-25-48(70)64-52(45)74/h6,8-9,11,13-16,18,20,28-29,37,41,43-46,60H,3-5,10,17,19,21-27,30-32H2,1-2H3,(H2,59,69)(H,61,75)(H,62,72)(H,63,73)(H,64,70,74)(H2,78,79,80)/t37-,41?,43-,44+,45?,46+/m1/s1. The lowest BCUT2D eigenvalue weighted by Gasteiger charge is -2.39. The van der Waals surface area contributed by atoms with Gasteiger partial charge in [-0.15, -0.1) is 0 Å². The molecule has 4 aliphatic heterocycles. The molecule has 3 aromatic carbocycles. The van der Waals surface area contributed by atoms with E-state index >= 15 is 0 Å². The first kappa shape index (κ1) is 59.3. The van der Waals surface area contributed by atoms with Gasteiger partial charge in [0.15, 0.2) is 0 Å². The lowest BCUT2D eigenvalue weighted by molar-refractivity contribution is -0.145. The number of imide groups is 1. The molecule has 0 aliphatic carbocycles. The minimum absolute atomic E-state index is 0.000870. The highest BCUT2D eigenvalue weighted by Gasteiger charge is 2.51. The summed E-state index contributed by atoms with van der Waals surface area (Å²) in [5, 5.41) is 10.7. The number of likely N-dealkylation sites (N-methyl/N-ethyl adjacent to an activating group) is 1. The minimum atomic E-state index is -5.93. The number of fused-ring (bicyclic) bond motifs is 3. The van der Waals surface area contributed by atoms with Crippen LogP contribution in [0.4, 0.5) is 8.78 Å². The van der Waals surface area contributed by atoms with E-state index in [4.69, 9.17) is 5.73 Å². The first-order valence-corrected chi connectivity index (χ1v) is 28.4. The zero-order valence-corrected chi connectivity index (χ0v) is 45.6. The third-order valence-corrected chi connectivity index (χ3v) is 16.1. The fourth-order valence-electron chi connectivity index (χ4n) is 10.9. The molecule has 5 heterocycles. The van der Waals surface area contributed by atoms with Crippen molar-refractivity contribution in [2.24, 2.45) is 5.73 Å². The van der Waals surface area contributed by atoms with Crippen molar-refractivity contribution in [3.63, 3.8) is 0 Å². The first-order valence-electron chi connectivity index (χ1n) is 26.8. The van der Waals surface area contributed by atoms with Crippen LogP contribution in [0.2, 0.25) is 0 Å². The number of aromatic nitrogens is 1. The van der Waals surface area contributed by atoms with Crippen LogP contribution < -0.4 is 27.0 Å². The largest absolute Gasteiger partial charge is 0.399 e. The molecule has 25 heteroatoms. The number of H-pyrrole nitrogens is 1. The highest BCUT2D eigenvalue weighted by molar-refractivity contribution is 7.52. The molecule has 22 nitrogen and oxygen atoms in total. The molecule has 4 aliphatic rings. The molecular weight excluding hydrogens is 1070 g/mol. The van der Waals surface area contributed by atoms with E-state index in [9.17, 15) is 66.3 Å². The number of alkyl halides is 2. The van der Waals surface area contributed by atoms with E-state index in [0.29, 0.717) is 55.3 Å². The Labute approximate surface area is 465 Å². The number of carbonyl (C=O) groups is 9. The van der Waals surface area contributed by atoms with Crippen LogP contribution in [0.3, 0.4) is 0 Å². The van der Waals surface area contributed by atoms with E-state index in [1.807, 2.05) is 49.3 Å². The number of halogens is 2. The Balaban J connectivity index is 0.955. The Kier molecular flexibility index (Phi) is 18.5. The third-order valence-electron chi connectivity index (χ3n) is 15.1. The topological polar surface area (TPSA) is 314 Å². The third kappa shape index (κ3) is 13.8. The Bertz CT molecular complexity index is 3230. The molecule has 6 atom stereocenters.